The molecule has 0 saturated carbocycles. The van der Waals surface area contributed by atoms with Crippen LogP contribution in [0.25, 0.3) is 0 Å². The summed E-state index contributed by atoms with van der Waals surface area (Å²) >= 11 is 0. The lowest BCUT2D eigenvalue weighted by atomic mass is 10.1. The number of anilines is 1. The van der Waals surface area contributed by atoms with Crippen LogP contribution in [0.2, 0.25) is 0 Å². The zero-order valence-corrected chi connectivity index (χ0v) is 23.5. The van der Waals surface area contributed by atoms with Crippen LogP contribution in [0, 0.1) is 0 Å². The summed E-state index contributed by atoms with van der Waals surface area (Å²) in [5.74, 6) is 0.558. The molecule has 212 valence electrons. The minimum Gasteiger partial charge on any atom is -0.497 e. The summed E-state index contributed by atoms with van der Waals surface area (Å²) in [5.41, 5.74) is 0.953. The maximum atomic E-state index is 14.0. The Morgan fingerprint density at radius 1 is 0.975 bits per heavy atom. The Kier molecular flexibility index (Phi) is 9.15. The standard InChI is InChI=1S/C29H33N3O7S/c1-4-30-29(34)21(2)31(19-22-9-8-10-24(17-22)37-3)28(33)20-32(40(35,36)25-11-6-5-7-12-25)23-13-14-26-27(18-23)39-16-15-38-26/h5-14,17-18,21H,4,15-16,19-20H2,1-3H3,(H,30,34)/t21-/m1/s1. The molecule has 4 rings (SSSR count). The molecule has 0 bridgehead atoms. The lowest BCUT2D eigenvalue weighted by Crippen LogP contribution is -2.51. The van der Waals surface area contributed by atoms with Crippen LogP contribution in [0.5, 0.6) is 17.2 Å². The van der Waals surface area contributed by atoms with Gasteiger partial charge in [-0.05, 0) is 55.8 Å². The molecule has 11 heteroatoms. The Morgan fingerprint density at radius 2 is 1.70 bits per heavy atom. The fourth-order valence-electron chi connectivity index (χ4n) is 4.31. The second-order valence-electron chi connectivity index (χ2n) is 9.10. The molecule has 0 fully saturated rings. The molecule has 10 nitrogen and oxygen atoms in total. The van der Waals surface area contributed by atoms with Crippen LogP contribution in [0.3, 0.4) is 0 Å². The second-order valence-corrected chi connectivity index (χ2v) is 11.0. The number of carbonyl (C=O) groups excluding carboxylic acids is 2. The maximum Gasteiger partial charge on any atom is 0.264 e. The number of carbonyl (C=O) groups is 2. The molecular weight excluding hydrogens is 534 g/mol. The van der Waals surface area contributed by atoms with Crippen molar-refractivity contribution in [3.63, 3.8) is 0 Å². The summed E-state index contributed by atoms with van der Waals surface area (Å²) in [6.45, 7) is 4.00. The average molecular weight is 568 g/mol. The quantitative estimate of drug-likeness (QED) is 0.378. The van der Waals surface area contributed by atoms with Crippen LogP contribution in [0.4, 0.5) is 5.69 Å². The first-order chi connectivity index (χ1) is 19.2. The summed E-state index contributed by atoms with van der Waals surface area (Å²) < 4.78 is 45.4. The Balaban J connectivity index is 1.73. The summed E-state index contributed by atoms with van der Waals surface area (Å²) in [6.07, 6.45) is 0. The number of methoxy groups -OCH3 is 1. The Bertz CT molecular complexity index is 1450. The minimum atomic E-state index is -4.18. The van der Waals surface area contributed by atoms with Crippen molar-refractivity contribution >= 4 is 27.5 Å². The number of hydrogen-bond donors (Lipinski definition) is 1. The second kappa shape index (κ2) is 12.7. The van der Waals surface area contributed by atoms with Gasteiger partial charge in [-0.25, -0.2) is 8.42 Å². The number of fused-ring (bicyclic) bond motifs is 1. The summed E-state index contributed by atoms with van der Waals surface area (Å²) in [4.78, 5) is 28.2. The number of nitrogens with one attached hydrogen (secondary N) is 1. The third-order valence-electron chi connectivity index (χ3n) is 6.43. The highest BCUT2D eigenvalue weighted by Gasteiger charge is 2.33. The lowest BCUT2D eigenvalue weighted by molar-refractivity contribution is -0.139. The summed E-state index contributed by atoms with van der Waals surface area (Å²) in [5, 5.41) is 2.74. The Hall–Kier alpha value is -4.25. The van der Waals surface area contributed by atoms with E-state index in [4.69, 9.17) is 14.2 Å². The van der Waals surface area contributed by atoms with Crippen LogP contribution in [-0.2, 0) is 26.2 Å². The van der Waals surface area contributed by atoms with Gasteiger partial charge < -0.3 is 24.4 Å². The third kappa shape index (κ3) is 6.48. The van der Waals surface area contributed by atoms with Crippen molar-refractivity contribution in [1.82, 2.24) is 10.2 Å². The van der Waals surface area contributed by atoms with E-state index in [1.165, 1.54) is 17.0 Å². The van der Waals surface area contributed by atoms with Gasteiger partial charge in [-0.3, -0.25) is 13.9 Å². The van der Waals surface area contributed by atoms with Crippen molar-refractivity contribution in [1.29, 1.82) is 0 Å². The maximum absolute atomic E-state index is 14.0. The summed E-state index contributed by atoms with van der Waals surface area (Å²) in [7, 11) is -2.64. The highest BCUT2D eigenvalue weighted by Crippen LogP contribution is 2.36. The molecule has 0 spiro atoms. The van der Waals surface area contributed by atoms with E-state index in [0.717, 1.165) is 9.87 Å². The number of nitrogens with zero attached hydrogens (tertiary/aromatic N) is 2. The molecule has 0 unspecified atom stereocenters. The predicted octanol–water partition coefficient (Wildman–Crippen LogP) is 3.22. The first-order valence-electron chi connectivity index (χ1n) is 12.9. The Morgan fingerprint density at radius 3 is 2.40 bits per heavy atom. The molecule has 1 aliphatic rings. The molecule has 0 aliphatic carbocycles. The van der Waals surface area contributed by atoms with Gasteiger partial charge in [0.05, 0.1) is 17.7 Å². The van der Waals surface area contributed by atoms with Crippen molar-refractivity contribution < 1.29 is 32.2 Å². The van der Waals surface area contributed by atoms with E-state index in [2.05, 4.69) is 5.32 Å². The average Bonchev–Trinajstić information content (AvgIpc) is 2.98. The minimum absolute atomic E-state index is 0.0220. The normalized spacial score (nSPS) is 13.2. The van der Waals surface area contributed by atoms with Crippen molar-refractivity contribution in [2.45, 2.75) is 31.3 Å². The molecule has 1 atom stereocenters. The predicted molar refractivity (Wildman–Crippen MR) is 150 cm³/mol. The van der Waals surface area contributed by atoms with Crippen LogP contribution < -0.4 is 23.8 Å². The number of ether oxygens (including phenoxy) is 3. The van der Waals surface area contributed by atoms with E-state index in [1.807, 2.05) is 6.07 Å². The molecule has 3 aromatic rings. The van der Waals surface area contributed by atoms with E-state index < -0.39 is 28.5 Å². The van der Waals surface area contributed by atoms with Gasteiger partial charge in [-0.1, -0.05) is 30.3 Å². The van der Waals surface area contributed by atoms with Crippen molar-refractivity contribution in [2.75, 3.05) is 37.7 Å². The molecule has 2 amide bonds. The lowest BCUT2D eigenvalue weighted by Gasteiger charge is -2.32. The van der Waals surface area contributed by atoms with Crippen LogP contribution >= 0.6 is 0 Å². The molecule has 1 aliphatic heterocycles. The Labute approximate surface area is 234 Å². The highest BCUT2D eigenvalue weighted by atomic mass is 32.2. The van der Waals surface area contributed by atoms with Crippen molar-refractivity contribution in [3.8, 4) is 17.2 Å². The molecule has 1 heterocycles. The van der Waals surface area contributed by atoms with Gasteiger partial charge in [0.15, 0.2) is 11.5 Å². The first-order valence-corrected chi connectivity index (χ1v) is 14.4. The van der Waals surface area contributed by atoms with E-state index in [1.54, 1.807) is 75.6 Å². The van der Waals surface area contributed by atoms with Gasteiger partial charge in [-0.15, -0.1) is 0 Å². The smallest absolute Gasteiger partial charge is 0.264 e. The van der Waals surface area contributed by atoms with Crippen LogP contribution in [0.1, 0.15) is 19.4 Å². The monoisotopic (exact) mass is 567 g/mol. The molecule has 40 heavy (non-hydrogen) atoms. The number of amides is 2. The highest BCUT2D eigenvalue weighted by molar-refractivity contribution is 7.92. The molecule has 1 N–H and O–H groups in total. The number of likely N-dealkylation sites (N-methyl/N-ethyl adjacent to an activating group) is 1. The van der Waals surface area contributed by atoms with Crippen molar-refractivity contribution in [2.24, 2.45) is 0 Å². The first kappa shape index (κ1) is 28.8. The number of benzene rings is 3. The van der Waals surface area contributed by atoms with E-state index in [9.17, 15) is 18.0 Å². The van der Waals surface area contributed by atoms with E-state index in [0.29, 0.717) is 37.0 Å². The SMILES string of the molecule is CCNC(=O)[C@@H](C)N(Cc1cccc(OC)c1)C(=O)CN(c1ccc2c(c1)OCCO2)S(=O)(=O)c1ccccc1. The fourth-order valence-corrected chi connectivity index (χ4v) is 5.73. The van der Waals surface area contributed by atoms with E-state index in [-0.39, 0.29) is 23.0 Å². The number of rotatable bonds is 11. The van der Waals surface area contributed by atoms with Gasteiger partial charge >= 0.3 is 0 Å². The van der Waals surface area contributed by atoms with Crippen LogP contribution in [0.15, 0.2) is 77.7 Å². The van der Waals surface area contributed by atoms with E-state index >= 15 is 0 Å². The van der Waals surface area contributed by atoms with Gasteiger partial charge in [0.25, 0.3) is 10.0 Å². The van der Waals surface area contributed by atoms with Gasteiger partial charge in [-0.2, -0.15) is 0 Å². The summed E-state index contributed by atoms with van der Waals surface area (Å²) in [6, 6.07) is 18.9. The van der Waals surface area contributed by atoms with Gasteiger partial charge in [0, 0.05) is 19.2 Å². The van der Waals surface area contributed by atoms with Gasteiger partial charge in [0.1, 0.15) is 31.5 Å². The third-order valence-corrected chi connectivity index (χ3v) is 8.22. The van der Waals surface area contributed by atoms with Crippen LogP contribution in [-0.4, -0.2) is 64.6 Å². The molecular formula is C29H33N3O7S. The van der Waals surface area contributed by atoms with Crippen molar-refractivity contribution in [3.05, 3.63) is 78.4 Å². The van der Waals surface area contributed by atoms with Gasteiger partial charge in [0.2, 0.25) is 11.8 Å². The molecule has 0 aromatic heterocycles. The largest absolute Gasteiger partial charge is 0.497 e. The molecule has 0 radical (unpaired) electrons. The zero-order chi connectivity index (χ0) is 28.7. The molecule has 3 aromatic carbocycles. The number of sulfonamides is 1. The molecule has 0 saturated heterocycles. The fraction of sp³-hybridized carbons (Fsp3) is 0.310. The number of hydrogen-bond acceptors (Lipinski definition) is 7. The zero-order valence-electron chi connectivity index (χ0n) is 22.7. The topological polar surface area (TPSA) is 114 Å².